The Morgan fingerprint density at radius 1 is 1.18 bits per heavy atom. The summed E-state index contributed by atoms with van der Waals surface area (Å²) in [6.07, 6.45) is 3.31. The maximum Gasteiger partial charge on any atom is 0.256 e. The van der Waals surface area contributed by atoms with Gasteiger partial charge in [-0.1, -0.05) is 19.1 Å². The zero-order valence-corrected chi connectivity index (χ0v) is 20.4. The van der Waals surface area contributed by atoms with Gasteiger partial charge in [0.05, 0.1) is 16.5 Å². The molecule has 0 unspecified atom stereocenters. The Bertz CT molecular complexity index is 1240. The fraction of sp³-hybridized carbons (Fsp3) is 0.440. The lowest BCUT2D eigenvalue weighted by Crippen LogP contribution is -2.47. The van der Waals surface area contributed by atoms with Gasteiger partial charge in [-0.25, -0.2) is 12.8 Å². The number of aryl methyl sites for hydroxylation is 1. The summed E-state index contributed by atoms with van der Waals surface area (Å²) in [4.78, 5) is 28.2. The standard InChI is InChI=1S/C25H30FN3O4S/c1-14-4-8-18(20(26)10-14)23(16-5-6-16)28-24(30)22-11-15(2)13-29(22)25(31)19-12-17(34(3,32)33)7-9-21(19)27/h4,7-10,12,15-16,22-23H,5-6,11,13,27H2,1-3H3,(H,28,30)/t15-,22-,23-/m1/s1. The van der Waals surface area contributed by atoms with E-state index in [0.29, 0.717) is 18.5 Å². The van der Waals surface area contributed by atoms with Crippen LogP contribution in [0.3, 0.4) is 0 Å². The summed E-state index contributed by atoms with van der Waals surface area (Å²) in [7, 11) is -3.54. The first-order valence-electron chi connectivity index (χ1n) is 11.4. The molecule has 7 nitrogen and oxygen atoms in total. The molecular formula is C25H30FN3O4S. The zero-order chi connectivity index (χ0) is 24.8. The number of carbonyl (C=O) groups is 2. The summed E-state index contributed by atoms with van der Waals surface area (Å²) in [5.74, 6) is -0.958. The van der Waals surface area contributed by atoms with Crippen LogP contribution in [0, 0.1) is 24.6 Å². The van der Waals surface area contributed by atoms with Gasteiger partial charge in [-0.2, -0.15) is 0 Å². The minimum atomic E-state index is -3.54. The second-order valence-corrected chi connectivity index (χ2v) is 11.7. The maximum absolute atomic E-state index is 14.7. The molecule has 4 rings (SSSR count). The maximum atomic E-state index is 14.7. The number of nitrogens with zero attached hydrogens (tertiary/aromatic N) is 1. The Kier molecular flexibility index (Phi) is 6.42. The monoisotopic (exact) mass is 487 g/mol. The smallest absolute Gasteiger partial charge is 0.256 e. The van der Waals surface area contributed by atoms with Crippen molar-refractivity contribution in [1.82, 2.24) is 10.2 Å². The van der Waals surface area contributed by atoms with Crippen molar-refractivity contribution >= 4 is 27.3 Å². The van der Waals surface area contributed by atoms with Gasteiger partial charge in [-0.3, -0.25) is 9.59 Å². The summed E-state index contributed by atoms with van der Waals surface area (Å²) >= 11 is 0. The molecule has 2 amide bonds. The van der Waals surface area contributed by atoms with Gasteiger partial charge in [-0.05, 0) is 67.9 Å². The summed E-state index contributed by atoms with van der Waals surface area (Å²) in [6, 6.07) is 7.80. The molecule has 3 atom stereocenters. The van der Waals surface area contributed by atoms with E-state index in [2.05, 4.69) is 5.32 Å². The number of hydrogen-bond acceptors (Lipinski definition) is 5. The number of anilines is 1. The lowest BCUT2D eigenvalue weighted by atomic mass is 9.99. The Morgan fingerprint density at radius 3 is 2.50 bits per heavy atom. The molecule has 3 N–H and O–H groups in total. The van der Waals surface area contributed by atoms with Crippen LogP contribution in [0.2, 0.25) is 0 Å². The number of sulfone groups is 1. The van der Waals surface area contributed by atoms with E-state index in [1.165, 1.54) is 29.2 Å². The lowest BCUT2D eigenvalue weighted by Gasteiger charge is -2.27. The predicted octanol–water partition coefficient (Wildman–Crippen LogP) is 3.24. The highest BCUT2D eigenvalue weighted by Crippen LogP contribution is 2.42. The largest absolute Gasteiger partial charge is 0.398 e. The highest BCUT2D eigenvalue weighted by Gasteiger charge is 2.42. The van der Waals surface area contributed by atoms with Crippen LogP contribution < -0.4 is 11.1 Å². The average molecular weight is 488 g/mol. The first-order chi connectivity index (χ1) is 16.0. The molecule has 1 saturated heterocycles. The number of carbonyl (C=O) groups excluding carboxylic acids is 2. The van der Waals surface area contributed by atoms with Crippen molar-refractivity contribution in [2.45, 2.75) is 50.1 Å². The Hall–Kier alpha value is -2.94. The average Bonchev–Trinajstić information content (AvgIpc) is 3.52. The Balaban J connectivity index is 1.60. The van der Waals surface area contributed by atoms with Crippen molar-refractivity contribution in [2.75, 3.05) is 18.5 Å². The molecule has 2 aromatic carbocycles. The molecule has 1 aliphatic carbocycles. The van der Waals surface area contributed by atoms with Crippen LogP contribution in [0.15, 0.2) is 41.3 Å². The number of likely N-dealkylation sites (tertiary alicyclic amines) is 1. The second-order valence-electron chi connectivity index (χ2n) is 9.68. The van der Waals surface area contributed by atoms with E-state index >= 15 is 0 Å². The first kappa shape index (κ1) is 24.2. The molecule has 1 heterocycles. The van der Waals surface area contributed by atoms with Crippen LogP contribution in [-0.4, -0.2) is 44.0 Å². The van der Waals surface area contributed by atoms with Crippen LogP contribution in [0.1, 0.15) is 53.7 Å². The number of benzene rings is 2. The summed E-state index contributed by atoms with van der Waals surface area (Å²) in [5, 5.41) is 3.00. The van der Waals surface area contributed by atoms with E-state index in [1.54, 1.807) is 6.07 Å². The first-order valence-corrected chi connectivity index (χ1v) is 13.3. The number of rotatable bonds is 6. The summed E-state index contributed by atoms with van der Waals surface area (Å²) in [6.45, 7) is 4.10. The highest BCUT2D eigenvalue weighted by atomic mass is 32.2. The Morgan fingerprint density at radius 2 is 1.88 bits per heavy atom. The molecule has 0 radical (unpaired) electrons. The van der Waals surface area contributed by atoms with Gasteiger partial charge in [0.1, 0.15) is 11.9 Å². The van der Waals surface area contributed by atoms with Crippen LogP contribution in [0.25, 0.3) is 0 Å². The number of nitrogen functional groups attached to an aromatic ring is 1. The molecule has 0 bridgehead atoms. The molecule has 9 heteroatoms. The zero-order valence-electron chi connectivity index (χ0n) is 19.5. The predicted molar refractivity (Wildman–Crippen MR) is 127 cm³/mol. The van der Waals surface area contributed by atoms with Gasteiger partial charge < -0.3 is 16.0 Å². The van der Waals surface area contributed by atoms with E-state index in [9.17, 15) is 22.4 Å². The number of halogens is 1. The number of hydrogen-bond donors (Lipinski definition) is 2. The van der Waals surface area contributed by atoms with Crippen LogP contribution in [0.5, 0.6) is 0 Å². The molecule has 2 aliphatic rings. The molecule has 1 aliphatic heterocycles. The van der Waals surface area contributed by atoms with Crippen molar-refractivity contribution in [3.8, 4) is 0 Å². The van der Waals surface area contributed by atoms with Gasteiger partial charge in [0.15, 0.2) is 9.84 Å². The Labute approximate surface area is 199 Å². The van der Waals surface area contributed by atoms with Gasteiger partial charge in [0, 0.05) is 24.1 Å². The molecule has 34 heavy (non-hydrogen) atoms. The van der Waals surface area contributed by atoms with Gasteiger partial charge in [0.2, 0.25) is 5.91 Å². The minimum Gasteiger partial charge on any atom is -0.398 e. The van der Waals surface area contributed by atoms with E-state index in [4.69, 9.17) is 5.73 Å². The third kappa shape index (κ3) is 4.94. The number of nitrogens with two attached hydrogens (primary N) is 1. The highest BCUT2D eigenvalue weighted by molar-refractivity contribution is 7.90. The van der Waals surface area contributed by atoms with E-state index in [0.717, 1.165) is 24.7 Å². The van der Waals surface area contributed by atoms with Crippen LogP contribution in [-0.2, 0) is 14.6 Å². The molecular weight excluding hydrogens is 457 g/mol. The fourth-order valence-electron chi connectivity index (χ4n) is 4.64. The van der Waals surface area contributed by atoms with Crippen molar-refractivity contribution in [3.63, 3.8) is 0 Å². The second kappa shape index (κ2) is 9.02. The normalized spacial score (nSPS) is 21.4. The lowest BCUT2D eigenvalue weighted by molar-refractivity contribution is -0.125. The van der Waals surface area contributed by atoms with E-state index in [-0.39, 0.29) is 39.7 Å². The summed E-state index contributed by atoms with van der Waals surface area (Å²) < 4.78 is 38.7. The SMILES string of the molecule is Cc1ccc([C@H](NC(=O)[C@H]2C[C@@H](C)CN2C(=O)c2cc(S(C)(=O)=O)ccc2N)C2CC2)c(F)c1. The van der Waals surface area contributed by atoms with E-state index < -0.39 is 27.8 Å². The topological polar surface area (TPSA) is 110 Å². The number of nitrogens with one attached hydrogen (secondary N) is 1. The molecule has 1 saturated carbocycles. The fourth-order valence-corrected chi connectivity index (χ4v) is 5.29. The third-order valence-electron chi connectivity index (χ3n) is 6.64. The van der Waals surface area contributed by atoms with E-state index in [1.807, 2.05) is 19.9 Å². The molecule has 0 spiro atoms. The molecule has 2 fully saturated rings. The van der Waals surface area contributed by atoms with Crippen LogP contribution >= 0.6 is 0 Å². The molecule has 0 aromatic heterocycles. The quantitative estimate of drug-likeness (QED) is 0.608. The number of amides is 2. The molecule has 2 aromatic rings. The van der Waals surface area contributed by atoms with Crippen LogP contribution in [0.4, 0.5) is 10.1 Å². The van der Waals surface area contributed by atoms with Crippen molar-refractivity contribution in [1.29, 1.82) is 0 Å². The van der Waals surface area contributed by atoms with Gasteiger partial charge >= 0.3 is 0 Å². The minimum absolute atomic E-state index is 0.0121. The third-order valence-corrected chi connectivity index (χ3v) is 7.75. The van der Waals surface area contributed by atoms with Gasteiger partial charge in [-0.15, -0.1) is 0 Å². The molecule has 182 valence electrons. The van der Waals surface area contributed by atoms with Crippen molar-refractivity contribution in [3.05, 3.63) is 58.9 Å². The van der Waals surface area contributed by atoms with Crippen molar-refractivity contribution in [2.24, 2.45) is 11.8 Å². The summed E-state index contributed by atoms with van der Waals surface area (Å²) in [5.41, 5.74) is 7.46. The van der Waals surface area contributed by atoms with Crippen molar-refractivity contribution < 1.29 is 22.4 Å². The van der Waals surface area contributed by atoms with Gasteiger partial charge in [0.25, 0.3) is 5.91 Å².